The highest BCUT2D eigenvalue weighted by molar-refractivity contribution is 4.96. The largest absolute Gasteiger partial charge is 0.409 e. The quantitative estimate of drug-likeness (QED) is 0.754. The van der Waals surface area contributed by atoms with Crippen molar-refractivity contribution in [1.82, 2.24) is 40.4 Å². The molecule has 0 aromatic carbocycles. The lowest BCUT2D eigenvalue weighted by atomic mass is 10.0. The first-order chi connectivity index (χ1) is 11.7. The van der Waals surface area contributed by atoms with Crippen LogP contribution in [-0.2, 0) is 13.1 Å². The average Bonchev–Trinajstić information content (AvgIpc) is 2.90. The molecule has 1 aliphatic rings. The summed E-state index contributed by atoms with van der Waals surface area (Å²) in [4.78, 5) is 2.23. The van der Waals surface area contributed by atoms with Crippen LogP contribution in [0.2, 0.25) is 0 Å². The average molecular weight is 358 g/mol. The summed E-state index contributed by atoms with van der Waals surface area (Å²) < 4.78 is 37.0. The lowest BCUT2D eigenvalue weighted by molar-refractivity contribution is -0.145. The summed E-state index contributed by atoms with van der Waals surface area (Å²) in [6.45, 7) is 5.44. The smallest absolute Gasteiger partial charge is 0.169 e. The molecule has 0 bridgehead atoms. The lowest BCUT2D eigenvalue weighted by Gasteiger charge is -2.06. The summed E-state index contributed by atoms with van der Waals surface area (Å²) in [5, 5.41) is 23.5. The molecule has 0 amide bonds. The highest BCUT2D eigenvalue weighted by Gasteiger charge is 2.39. The van der Waals surface area contributed by atoms with E-state index in [1.54, 1.807) is 4.80 Å². The van der Waals surface area contributed by atoms with Gasteiger partial charge in [0.15, 0.2) is 18.2 Å². The Hall–Kier alpha value is -2.07. The van der Waals surface area contributed by atoms with Crippen molar-refractivity contribution in [3.63, 3.8) is 0 Å². The van der Waals surface area contributed by atoms with E-state index in [2.05, 4.69) is 30.8 Å². The van der Waals surface area contributed by atoms with Crippen molar-refractivity contribution in [1.29, 1.82) is 0 Å². The maximum atomic E-state index is 12.3. The maximum Gasteiger partial charge on any atom is 0.409 e. The molecular weight excluding hydrogens is 337 g/mol. The number of nitrogens with zero attached hydrogens (tertiary/aromatic N) is 8. The molecular formula is C14H21F3N8. The molecule has 0 N–H and O–H groups in total. The van der Waals surface area contributed by atoms with E-state index < -0.39 is 12.7 Å². The normalized spacial score (nSPS) is 21.7. The fourth-order valence-corrected chi connectivity index (χ4v) is 2.84. The highest BCUT2D eigenvalue weighted by Crippen LogP contribution is 2.45. The van der Waals surface area contributed by atoms with Crippen LogP contribution in [0.25, 0.3) is 0 Å². The Morgan fingerprint density at radius 1 is 1.00 bits per heavy atom. The zero-order valence-corrected chi connectivity index (χ0v) is 14.3. The topological polar surface area (TPSA) is 87.2 Å². The predicted octanol–water partition coefficient (Wildman–Crippen LogP) is 2.18. The monoisotopic (exact) mass is 358 g/mol. The van der Waals surface area contributed by atoms with Crippen LogP contribution in [0.3, 0.4) is 0 Å². The van der Waals surface area contributed by atoms with Crippen LogP contribution >= 0.6 is 0 Å². The van der Waals surface area contributed by atoms with Gasteiger partial charge in [-0.1, -0.05) is 20.8 Å². The van der Waals surface area contributed by atoms with E-state index in [-0.39, 0.29) is 11.8 Å². The number of hydrogen-bond donors (Lipinski definition) is 0. The van der Waals surface area contributed by atoms with Crippen LogP contribution in [0.1, 0.15) is 57.1 Å². The zero-order valence-electron chi connectivity index (χ0n) is 14.3. The van der Waals surface area contributed by atoms with Crippen molar-refractivity contribution in [3.05, 3.63) is 11.6 Å². The van der Waals surface area contributed by atoms with Gasteiger partial charge in [-0.05, 0) is 35.1 Å². The molecule has 138 valence electrons. The Balaban J connectivity index is 1.48. The Morgan fingerprint density at radius 2 is 1.64 bits per heavy atom. The minimum atomic E-state index is -4.34. The van der Waals surface area contributed by atoms with Crippen molar-refractivity contribution in [2.24, 2.45) is 11.8 Å². The van der Waals surface area contributed by atoms with Crippen LogP contribution in [0.4, 0.5) is 13.2 Å². The summed E-state index contributed by atoms with van der Waals surface area (Å²) in [6, 6.07) is 0. The highest BCUT2D eigenvalue weighted by atomic mass is 19.4. The SMILES string of the molecule is CC(C)c1nnn(CC2CC2CC(C)c2nnn(CC(F)(F)F)n2)n1. The van der Waals surface area contributed by atoms with Crippen molar-refractivity contribution in [3.8, 4) is 0 Å². The standard InChI is InChI=1S/C14H21F3N8/c1-8(2)12-18-22-24(20-12)6-11-5-10(11)4-9(3)13-19-23-25(21-13)7-14(15,16)17/h8-11H,4-7H2,1-3H3. The first kappa shape index (κ1) is 17.7. The number of alkyl halides is 3. The van der Waals surface area contributed by atoms with E-state index in [0.717, 1.165) is 18.7 Å². The fraction of sp³-hybridized carbons (Fsp3) is 0.857. The van der Waals surface area contributed by atoms with E-state index in [1.807, 2.05) is 20.8 Å². The summed E-state index contributed by atoms with van der Waals surface area (Å²) >= 11 is 0. The van der Waals surface area contributed by atoms with Gasteiger partial charge in [0.1, 0.15) is 0 Å². The molecule has 3 atom stereocenters. The molecule has 1 saturated carbocycles. The molecule has 0 radical (unpaired) electrons. The van der Waals surface area contributed by atoms with Crippen LogP contribution in [0.15, 0.2) is 0 Å². The molecule has 11 heteroatoms. The van der Waals surface area contributed by atoms with Crippen molar-refractivity contribution in [2.45, 2.75) is 64.7 Å². The van der Waals surface area contributed by atoms with E-state index in [4.69, 9.17) is 0 Å². The second-order valence-electron chi connectivity index (χ2n) is 7.04. The first-order valence-electron chi connectivity index (χ1n) is 8.33. The molecule has 0 spiro atoms. The van der Waals surface area contributed by atoms with E-state index in [0.29, 0.717) is 29.0 Å². The lowest BCUT2D eigenvalue weighted by Crippen LogP contribution is -2.19. The minimum absolute atomic E-state index is 0.0353. The Bertz CT molecular complexity index is 707. The number of hydrogen-bond acceptors (Lipinski definition) is 6. The third kappa shape index (κ3) is 4.73. The molecule has 2 heterocycles. The Morgan fingerprint density at radius 3 is 2.28 bits per heavy atom. The van der Waals surface area contributed by atoms with Crippen LogP contribution in [0, 0.1) is 11.8 Å². The molecule has 3 rings (SSSR count). The van der Waals surface area contributed by atoms with Crippen LogP contribution in [0.5, 0.6) is 0 Å². The molecule has 25 heavy (non-hydrogen) atoms. The summed E-state index contributed by atoms with van der Waals surface area (Å²) in [5.41, 5.74) is 0. The van der Waals surface area contributed by atoms with E-state index in [9.17, 15) is 13.2 Å². The summed E-state index contributed by atoms with van der Waals surface area (Å²) in [5.74, 6) is 2.23. The van der Waals surface area contributed by atoms with E-state index >= 15 is 0 Å². The number of rotatable bonds is 7. The van der Waals surface area contributed by atoms with Crippen molar-refractivity contribution < 1.29 is 13.2 Å². The van der Waals surface area contributed by atoms with Gasteiger partial charge in [-0.15, -0.1) is 20.4 Å². The van der Waals surface area contributed by atoms with Gasteiger partial charge in [-0.2, -0.15) is 22.8 Å². The second-order valence-corrected chi connectivity index (χ2v) is 7.04. The summed E-state index contributed by atoms with van der Waals surface area (Å²) in [6.07, 6.45) is -2.49. The van der Waals surface area contributed by atoms with Gasteiger partial charge in [0.25, 0.3) is 0 Å². The molecule has 0 saturated heterocycles. The van der Waals surface area contributed by atoms with Gasteiger partial charge in [0, 0.05) is 11.8 Å². The molecule has 8 nitrogen and oxygen atoms in total. The molecule has 2 aromatic heterocycles. The van der Waals surface area contributed by atoms with Gasteiger partial charge in [-0.3, -0.25) is 0 Å². The van der Waals surface area contributed by atoms with Gasteiger partial charge in [0.05, 0.1) is 6.54 Å². The first-order valence-corrected chi connectivity index (χ1v) is 8.33. The second kappa shape index (κ2) is 6.68. The van der Waals surface area contributed by atoms with Crippen molar-refractivity contribution >= 4 is 0 Å². The number of tetrazole rings is 2. The number of halogens is 3. The van der Waals surface area contributed by atoms with E-state index in [1.165, 1.54) is 0 Å². The fourth-order valence-electron chi connectivity index (χ4n) is 2.84. The Kier molecular flexibility index (Phi) is 4.74. The molecule has 0 aliphatic heterocycles. The van der Waals surface area contributed by atoms with Gasteiger partial charge >= 0.3 is 6.18 Å². The van der Waals surface area contributed by atoms with Crippen LogP contribution < -0.4 is 0 Å². The molecule has 2 aromatic rings. The molecule has 3 unspecified atom stereocenters. The Labute approximate surface area is 142 Å². The van der Waals surface area contributed by atoms with Crippen LogP contribution in [-0.4, -0.2) is 46.6 Å². The number of aromatic nitrogens is 8. The van der Waals surface area contributed by atoms with Crippen molar-refractivity contribution in [2.75, 3.05) is 0 Å². The predicted molar refractivity (Wildman–Crippen MR) is 80.4 cm³/mol. The third-order valence-corrected chi connectivity index (χ3v) is 4.34. The maximum absolute atomic E-state index is 12.3. The van der Waals surface area contributed by atoms with Gasteiger partial charge < -0.3 is 0 Å². The van der Waals surface area contributed by atoms with Gasteiger partial charge in [-0.25, -0.2) is 0 Å². The molecule has 1 aliphatic carbocycles. The minimum Gasteiger partial charge on any atom is -0.169 e. The summed E-state index contributed by atoms with van der Waals surface area (Å²) in [7, 11) is 0. The molecule has 1 fully saturated rings. The third-order valence-electron chi connectivity index (χ3n) is 4.34. The van der Waals surface area contributed by atoms with Gasteiger partial charge in [0.2, 0.25) is 0 Å². The zero-order chi connectivity index (χ0) is 18.2.